The Kier molecular flexibility index (Phi) is 4.00. The number of nitrogen functional groups attached to an aromatic ring is 1. The first kappa shape index (κ1) is 13.3. The van der Waals surface area contributed by atoms with Crippen LogP contribution in [0.2, 0.25) is 0 Å². The molecule has 0 bridgehead atoms. The van der Waals surface area contributed by atoms with Crippen LogP contribution in [0.5, 0.6) is 0 Å². The van der Waals surface area contributed by atoms with Gasteiger partial charge in [0.1, 0.15) is 0 Å². The number of carbonyl (C=O) groups excluding carboxylic acids is 1. The summed E-state index contributed by atoms with van der Waals surface area (Å²) >= 11 is 0. The average molecular weight is 253 g/mol. The van der Waals surface area contributed by atoms with Gasteiger partial charge in [0.15, 0.2) is 5.78 Å². The molecular formula is C17H19NO. The van der Waals surface area contributed by atoms with Crippen LogP contribution in [0.3, 0.4) is 0 Å². The first-order chi connectivity index (χ1) is 9.13. The molecule has 0 aromatic heterocycles. The van der Waals surface area contributed by atoms with Gasteiger partial charge in [0.2, 0.25) is 0 Å². The van der Waals surface area contributed by atoms with Crippen molar-refractivity contribution in [3.8, 4) is 0 Å². The van der Waals surface area contributed by atoms with Gasteiger partial charge < -0.3 is 5.73 Å². The lowest BCUT2D eigenvalue weighted by Crippen LogP contribution is -2.06. The first-order valence-electron chi connectivity index (χ1n) is 6.62. The highest BCUT2D eigenvalue weighted by molar-refractivity contribution is 6.10. The van der Waals surface area contributed by atoms with E-state index in [0.29, 0.717) is 11.3 Å². The van der Waals surface area contributed by atoms with Crippen molar-refractivity contribution in [3.05, 3.63) is 64.7 Å². The third kappa shape index (κ3) is 2.84. The highest BCUT2D eigenvalue weighted by atomic mass is 16.1. The van der Waals surface area contributed by atoms with Gasteiger partial charge in [-0.3, -0.25) is 4.79 Å². The number of ketones is 1. The van der Waals surface area contributed by atoms with Gasteiger partial charge in [-0.1, -0.05) is 43.7 Å². The zero-order valence-corrected chi connectivity index (χ0v) is 11.4. The number of hydrogen-bond donors (Lipinski definition) is 1. The SMILES string of the molecule is CCCc1cccc(C(=O)c2cccc(N)c2C)c1. The standard InChI is InChI=1S/C17H19NO/c1-3-6-13-7-4-8-14(11-13)17(19)15-9-5-10-16(18)12(15)2/h4-5,7-11H,3,6,18H2,1-2H3. The Morgan fingerprint density at radius 2 is 1.89 bits per heavy atom. The van der Waals surface area contributed by atoms with E-state index in [1.165, 1.54) is 5.56 Å². The van der Waals surface area contributed by atoms with E-state index in [0.717, 1.165) is 24.0 Å². The molecule has 0 heterocycles. The molecule has 19 heavy (non-hydrogen) atoms. The number of aryl methyl sites for hydroxylation is 1. The summed E-state index contributed by atoms with van der Waals surface area (Å²) in [5, 5.41) is 0. The third-order valence-corrected chi connectivity index (χ3v) is 3.35. The van der Waals surface area contributed by atoms with Crippen LogP contribution >= 0.6 is 0 Å². The lowest BCUT2D eigenvalue weighted by atomic mass is 9.96. The van der Waals surface area contributed by atoms with Crippen LogP contribution in [-0.4, -0.2) is 5.78 Å². The predicted molar refractivity (Wildman–Crippen MR) is 79.5 cm³/mol. The molecule has 2 aromatic carbocycles. The van der Waals surface area contributed by atoms with E-state index < -0.39 is 0 Å². The van der Waals surface area contributed by atoms with Gasteiger partial charge in [-0.15, -0.1) is 0 Å². The van der Waals surface area contributed by atoms with Crippen molar-refractivity contribution in [2.24, 2.45) is 0 Å². The Hall–Kier alpha value is -2.09. The lowest BCUT2D eigenvalue weighted by molar-refractivity contribution is 0.103. The van der Waals surface area contributed by atoms with Crippen LogP contribution < -0.4 is 5.73 Å². The van der Waals surface area contributed by atoms with E-state index in [-0.39, 0.29) is 5.78 Å². The normalized spacial score (nSPS) is 10.4. The van der Waals surface area contributed by atoms with E-state index in [2.05, 4.69) is 13.0 Å². The minimum Gasteiger partial charge on any atom is -0.398 e. The maximum Gasteiger partial charge on any atom is 0.193 e. The second kappa shape index (κ2) is 5.70. The molecule has 0 saturated heterocycles. The molecule has 2 aromatic rings. The molecule has 0 aliphatic carbocycles. The number of benzene rings is 2. The molecule has 0 saturated carbocycles. The van der Waals surface area contributed by atoms with E-state index in [1.807, 2.05) is 43.3 Å². The Balaban J connectivity index is 2.38. The largest absolute Gasteiger partial charge is 0.398 e. The highest BCUT2D eigenvalue weighted by Gasteiger charge is 2.13. The van der Waals surface area contributed by atoms with Gasteiger partial charge in [-0.2, -0.15) is 0 Å². The zero-order chi connectivity index (χ0) is 13.8. The summed E-state index contributed by atoms with van der Waals surface area (Å²) in [5.41, 5.74) is 10.0. The topological polar surface area (TPSA) is 43.1 Å². The van der Waals surface area contributed by atoms with Gasteiger partial charge in [-0.05, 0) is 36.6 Å². The first-order valence-corrected chi connectivity index (χ1v) is 6.62. The van der Waals surface area contributed by atoms with E-state index in [9.17, 15) is 4.79 Å². The molecule has 0 spiro atoms. The van der Waals surface area contributed by atoms with E-state index in [4.69, 9.17) is 5.73 Å². The predicted octanol–water partition coefficient (Wildman–Crippen LogP) is 3.76. The Labute approximate surface area is 114 Å². The van der Waals surface area contributed by atoms with Gasteiger partial charge in [0.25, 0.3) is 0 Å². The Morgan fingerprint density at radius 3 is 2.63 bits per heavy atom. The zero-order valence-electron chi connectivity index (χ0n) is 11.4. The highest BCUT2D eigenvalue weighted by Crippen LogP contribution is 2.20. The van der Waals surface area contributed by atoms with E-state index >= 15 is 0 Å². The third-order valence-electron chi connectivity index (χ3n) is 3.35. The number of anilines is 1. The molecule has 0 radical (unpaired) electrons. The lowest BCUT2D eigenvalue weighted by Gasteiger charge is -2.08. The summed E-state index contributed by atoms with van der Waals surface area (Å²) in [6.45, 7) is 4.02. The molecule has 0 aliphatic heterocycles. The van der Waals surface area contributed by atoms with Crippen LogP contribution in [0, 0.1) is 6.92 Å². The summed E-state index contributed by atoms with van der Waals surface area (Å²) in [4.78, 5) is 12.5. The monoisotopic (exact) mass is 253 g/mol. The number of rotatable bonds is 4. The van der Waals surface area contributed by atoms with Crippen molar-refractivity contribution in [1.29, 1.82) is 0 Å². The minimum absolute atomic E-state index is 0.0442. The van der Waals surface area contributed by atoms with Gasteiger partial charge >= 0.3 is 0 Å². The molecule has 0 aliphatic rings. The number of hydrogen-bond acceptors (Lipinski definition) is 2. The average Bonchev–Trinajstić information content (AvgIpc) is 2.42. The van der Waals surface area contributed by atoms with Gasteiger partial charge in [0, 0.05) is 16.8 Å². The summed E-state index contributed by atoms with van der Waals surface area (Å²) in [6.07, 6.45) is 2.08. The fraction of sp³-hybridized carbons (Fsp3) is 0.235. The van der Waals surface area contributed by atoms with Crippen LogP contribution in [-0.2, 0) is 6.42 Å². The summed E-state index contributed by atoms with van der Waals surface area (Å²) in [5.74, 6) is 0.0442. The second-order valence-electron chi connectivity index (χ2n) is 4.80. The quantitative estimate of drug-likeness (QED) is 0.666. The molecule has 2 rings (SSSR count). The van der Waals surface area contributed by atoms with Crippen LogP contribution in [0.25, 0.3) is 0 Å². The van der Waals surface area contributed by atoms with E-state index in [1.54, 1.807) is 0 Å². The molecular weight excluding hydrogens is 234 g/mol. The van der Waals surface area contributed by atoms with Crippen LogP contribution in [0.15, 0.2) is 42.5 Å². The van der Waals surface area contributed by atoms with Crippen molar-refractivity contribution in [1.82, 2.24) is 0 Å². The van der Waals surface area contributed by atoms with Crippen molar-refractivity contribution in [3.63, 3.8) is 0 Å². The number of nitrogens with two attached hydrogens (primary N) is 1. The fourth-order valence-corrected chi connectivity index (χ4v) is 2.21. The number of carbonyl (C=O) groups is 1. The molecule has 0 amide bonds. The minimum atomic E-state index is 0.0442. The maximum atomic E-state index is 12.5. The smallest absolute Gasteiger partial charge is 0.193 e. The van der Waals surface area contributed by atoms with Crippen LogP contribution in [0.1, 0.15) is 40.4 Å². The Morgan fingerprint density at radius 1 is 1.16 bits per heavy atom. The summed E-state index contributed by atoms with van der Waals surface area (Å²) in [7, 11) is 0. The summed E-state index contributed by atoms with van der Waals surface area (Å²) in [6, 6.07) is 13.3. The van der Waals surface area contributed by atoms with Gasteiger partial charge in [-0.25, -0.2) is 0 Å². The molecule has 2 heteroatoms. The molecule has 0 atom stereocenters. The summed E-state index contributed by atoms with van der Waals surface area (Å²) < 4.78 is 0. The molecule has 98 valence electrons. The maximum absolute atomic E-state index is 12.5. The molecule has 0 unspecified atom stereocenters. The fourth-order valence-electron chi connectivity index (χ4n) is 2.21. The van der Waals surface area contributed by atoms with Crippen molar-refractivity contribution in [2.75, 3.05) is 5.73 Å². The molecule has 0 fully saturated rings. The molecule has 2 N–H and O–H groups in total. The van der Waals surface area contributed by atoms with Crippen molar-refractivity contribution in [2.45, 2.75) is 26.7 Å². The van der Waals surface area contributed by atoms with Gasteiger partial charge in [0.05, 0.1) is 0 Å². The second-order valence-corrected chi connectivity index (χ2v) is 4.80. The molecule has 2 nitrogen and oxygen atoms in total. The van der Waals surface area contributed by atoms with Crippen molar-refractivity contribution >= 4 is 11.5 Å². The van der Waals surface area contributed by atoms with Crippen molar-refractivity contribution < 1.29 is 4.79 Å². The van der Waals surface area contributed by atoms with Crippen LogP contribution in [0.4, 0.5) is 5.69 Å². The Bertz CT molecular complexity index is 602.